The third kappa shape index (κ3) is 4.39. The van der Waals surface area contributed by atoms with E-state index in [-0.39, 0.29) is 17.1 Å². The minimum atomic E-state index is -0.477. The van der Waals surface area contributed by atoms with Crippen LogP contribution in [0.3, 0.4) is 0 Å². The Morgan fingerprint density at radius 2 is 1.97 bits per heavy atom. The summed E-state index contributed by atoms with van der Waals surface area (Å²) in [5.41, 5.74) is 2.24. The van der Waals surface area contributed by atoms with Crippen molar-refractivity contribution in [3.05, 3.63) is 62.5 Å². The van der Waals surface area contributed by atoms with Gasteiger partial charge in [-0.25, -0.2) is 4.98 Å². The van der Waals surface area contributed by atoms with Crippen molar-refractivity contribution in [3.63, 3.8) is 0 Å². The van der Waals surface area contributed by atoms with Crippen molar-refractivity contribution in [1.82, 2.24) is 19.6 Å². The average Bonchev–Trinajstić information content (AvgIpc) is 2.93. The van der Waals surface area contributed by atoms with E-state index in [1.54, 1.807) is 29.5 Å². The summed E-state index contributed by atoms with van der Waals surface area (Å²) in [7, 11) is 0. The van der Waals surface area contributed by atoms with Crippen molar-refractivity contribution in [2.75, 3.05) is 32.8 Å². The molecule has 0 aliphatic carbocycles. The second-order valence-corrected chi connectivity index (χ2v) is 7.53. The molecule has 0 bridgehead atoms. The second kappa shape index (κ2) is 9.28. The van der Waals surface area contributed by atoms with Gasteiger partial charge in [-0.15, -0.1) is 0 Å². The minimum absolute atomic E-state index is 0.0436. The van der Waals surface area contributed by atoms with Gasteiger partial charge in [0.1, 0.15) is 5.65 Å². The molecule has 0 saturated carbocycles. The number of hydrogen-bond donors (Lipinski definition) is 1. The topological polar surface area (TPSA) is 128 Å². The molecule has 2 aromatic heterocycles. The molecule has 1 N–H and O–H groups in total. The van der Waals surface area contributed by atoms with E-state index < -0.39 is 9.85 Å². The van der Waals surface area contributed by atoms with Gasteiger partial charge in [-0.05, 0) is 44.6 Å². The highest BCUT2D eigenvalue weighted by Crippen LogP contribution is 2.34. The molecule has 1 fully saturated rings. The number of aromatic nitrogens is 2. The first-order chi connectivity index (χ1) is 15.5. The Morgan fingerprint density at radius 3 is 2.72 bits per heavy atom. The van der Waals surface area contributed by atoms with Gasteiger partial charge in [0.2, 0.25) is 0 Å². The summed E-state index contributed by atoms with van der Waals surface area (Å²) in [4.78, 5) is 29.0. The first-order valence-electron chi connectivity index (χ1n) is 10.5. The minimum Gasteiger partial charge on any atom is -0.487 e. The lowest BCUT2D eigenvalue weighted by molar-refractivity contribution is -0.385. The van der Waals surface area contributed by atoms with E-state index in [1.807, 2.05) is 0 Å². The number of nitro groups is 2. The number of fused-ring (bicyclic) bond motifs is 1. The Bertz CT molecular complexity index is 1150. The molecule has 11 nitrogen and oxygen atoms in total. The van der Waals surface area contributed by atoms with Crippen LogP contribution in [-0.4, -0.2) is 56.9 Å². The van der Waals surface area contributed by atoms with E-state index in [2.05, 4.69) is 15.2 Å². The van der Waals surface area contributed by atoms with Gasteiger partial charge in [-0.2, -0.15) is 0 Å². The summed E-state index contributed by atoms with van der Waals surface area (Å²) in [6, 6.07) is 7.77. The van der Waals surface area contributed by atoms with E-state index in [0.29, 0.717) is 30.1 Å². The van der Waals surface area contributed by atoms with Gasteiger partial charge in [0.25, 0.3) is 5.69 Å². The maximum Gasteiger partial charge on any atom is 0.311 e. The van der Waals surface area contributed by atoms with Crippen molar-refractivity contribution < 1.29 is 14.6 Å². The summed E-state index contributed by atoms with van der Waals surface area (Å²) in [6.45, 7) is 6.07. The zero-order valence-electron chi connectivity index (χ0n) is 17.7. The van der Waals surface area contributed by atoms with Crippen molar-refractivity contribution in [2.24, 2.45) is 0 Å². The molecule has 1 saturated heterocycles. The van der Waals surface area contributed by atoms with Crippen molar-refractivity contribution in [3.8, 4) is 17.0 Å². The van der Waals surface area contributed by atoms with Crippen LogP contribution in [0.1, 0.15) is 19.0 Å². The fraction of sp³-hybridized carbons (Fsp3) is 0.381. The van der Waals surface area contributed by atoms with Crippen molar-refractivity contribution >= 4 is 17.0 Å². The SMILES string of the molecule is CCOc1ccc(-c2nc3ccc([N+](=O)[O-])cn3c2CN2CCCNCC2)cc1[N+](=O)[O-]. The Morgan fingerprint density at radius 1 is 1.12 bits per heavy atom. The zero-order chi connectivity index (χ0) is 22.7. The standard InChI is InChI=1S/C21H24N6O5/c1-2-32-19-6-4-15(12-17(19)27(30)31)21-18(14-24-10-3-8-22-9-11-24)25-13-16(26(28)29)5-7-20(25)23-21/h4-7,12-13,22H,2-3,8-11,14H2,1H3. The average molecular weight is 440 g/mol. The maximum absolute atomic E-state index is 11.6. The van der Waals surface area contributed by atoms with Crippen molar-refractivity contribution in [1.29, 1.82) is 0 Å². The number of nitrogens with one attached hydrogen (secondary N) is 1. The van der Waals surface area contributed by atoms with Gasteiger partial charge in [0, 0.05) is 37.3 Å². The van der Waals surface area contributed by atoms with Crippen LogP contribution >= 0.6 is 0 Å². The van der Waals surface area contributed by atoms with Gasteiger partial charge < -0.3 is 10.1 Å². The first kappa shape index (κ1) is 21.7. The monoisotopic (exact) mass is 440 g/mol. The zero-order valence-corrected chi connectivity index (χ0v) is 17.7. The number of benzene rings is 1. The number of ether oxygens (including phenoxy) is 1. The van der Waals surface area contributed by atoms with Crippen LogP contribution in [0.4, 0.5) is 11.4 Å². The van der Waals surface area contributed by atoms with Crippen LogP contribution in [0, 0.1) is 20.2 Å². The van der Waals surface area contributed by atoms with Crippen LogP contribution < -0.4 is 10.1 Å². The lowest BCUT2D eigenvalue weighted by Crippen LogP contribution is -2.28. The van der Waals surface area contributed by atoms with Crippen LogP contribution in [0.15, 0.2) is 36.5 Å². The fourth-order valence-electron chi connectivity index (χ4n) is 3.93. The molecular formula is C21H24N6O5. The van der Waals surface area contributed by atoms with E-state index >= 15 is 0 Å². The maximum atomic E-state index is 11.6. The molecule has 1 aromatic carbocycles. The molecule has 1 aliphatic heterocycles. The fourth-order valence-corrected chi connectivity index (χ4v) is 3.93. The predicted molar refractivity (Wildman–Crippen MR) is 118 cm³/mol. The summed E-state index contributed by atoms with van der Waals surface area (Å²) < 4.78 is 7.11. The second-order valence-electron chi connectivity index (χ2n) is 7.53. The van der Waals surface area contributed by atoms with Crippen LogP contribution in [0.25, 0.3) is 16.9 Å². The molecule has 3 heterocycles. The number of rotatable bonds is 7. The molecular weight excluding hydrogens is 416 g/mol. The molecule has 168 valence electrons. The molecule has 4 rings (SSSR count). The van der Waals surface area contributed by atoms with Crippen LogP contribution in [-0.2, 0) is 6.54 Å². The van der Waals surface area contributed by atoms with Gasteiger partial charge >= 0.3 is 5.69 Å². The Balaban J connectivity index is 1.85. The molecule has 32 heavy (non-hydrogen) atoms. The number of imidazole rings is 1. The number of nitro benzene ring substituents is 1. The van der Waals surface area contributed by atoms with Crippen molar-refractivity contribution in [2.45, 2.75) is 19.9 Å². The van der Waals surface area contributed by atoms with Gasteiger partial charge in [-0.3, -0.25) is 29.5 Å². The van der Waals surface area contributed by atoms with Crippen LogP contribution in [0.5, 0.6) is 5.75 Å². The number of nitrogens with zero attached hydrogens (tertiary/aromatic N) is 5. The Kier molecular flexibility index (Phi) is 6.28. The Hall–Kier alpha value is -3.57. The number of pyridine rings is 1. The van der Waals surface area contributed by atoms with Gasteiger partial charge in [-0.1, -0.05) is 0 Å². The summed E-state index contributed by atoms with van der Waals surface area (Å²) >= 11 is 0. The quantitative estimate of drug-likeness (QED) is 0.439. The summed E-state index contributed by atoms with van der Waals surface area (Å²) in [5, 5.41) is 26.3. The molecule has 11 heteroatoms. The molecule has 3 aromatic rings. The largest absolute Gasteiger partial charge is 0.487 e. The molecule has 0 amide bonds. The van der Waals surface area contributed by atoms with Gasteiger partial charge in [0.15, 0.2) is 5.75 Å². The molecule has 0 atom stereocenters. The van der Waals surface area contributed by atoms with E-state index in [0.717, 1.165) is 38.3 Å². The third-order valence-corrected chi connectivity index (χ3v) is 5.45. The normalized spacial score (nSPS) is 14.9. The summed E-state index contributed by atoms with van der Waals surface area (Å²) in [6.07, 6.45) is 2.45. The lowest BCUT2D eigenvalue weighted by Gasteiger charge is -2.20. The highest BCUT2D eigenvalue weighted by Gasteiger charge is 2.23. The smallest absolute Gasteiger partial charge is 0.311 e. The van der Waals surface area contributed by atoms with Gasteiger partial charge in [0.05, 0.1) is 34.0 Å². The predicted octanol–water partition coefficient (Wildman–Crippen LogP) is 3.01. The lowest BCUT2D eigenvalue weighted by atomic mass is 10.1. The summed E-state index contributed by atoms with van der Waals surface area (Å²) in [5.74, 6) is 0.195. The van der Waals surface area contributed by atoms with Crippen LogP contribution in [0.2, 0.25) is 0 Å². The van der Waals surface area contributed by atoms with E-state index in [9.17, 15) is 20.2 Å². The molecule has 0 unspecified atom stereocenters. The molecule has 1 aliphatic rings. The first-order valence-corrected chi connectivity index (χ1v) is 10.5. The van der Waals surface area contributed by atoms with E-state index in [1.165, 1.54) is 18.3 Å². The third-order valence-electron chi connectivity index (χ3n) is 5.45. The van der Waals surface area contributed by atoms with E-state index in [4.69, 9.17) is 4.74 Å². The number of hydrogen-bond acceptors (Lipinski definition) is 8. The highest BCUT2D eigenvalue weighted by molar-refractivity contribution is 5.71. The molecule has 0 spiro atoms. The highest BCUT2D eigenvalue weighted by atomic mass is 16.6. The molecule has 0 radical (unpaired) electrons. The Labute approximate surface area is 183 Å².